The maximum Gasteiger partial charge on any atom is 0.223 e. The average Bonchev–Trinajstić information content (AvgIpc) is 2.78. The largest absolute Gasteiger partial charge is 0.493 e. The molecule has 1 amide bonds. The molecule has 0 saturated carbocycles. The van der Waals surface area contributed by atoms with E-state index in [1.165, 1.54) is 12.1 Å². The van der Waals surface area contributed by atoms with E-state index in [4.69, 9.17) is 14.2 Å². The molecule has 0 spiro atoms. The summed E-state index contributed by atoms with van der Waals surface area (Å²) in [6, 6.07) is 10.3. The molecule has 0 radical (unpaired) electrons. The summed E-state index contributed by atoms with van der Waals surface area (Å²) in [5.41, 5.74) is 1.91. The highest BCUT2D eigenvalue weighted by atomic mass is 19.1. The maximum absolute atomic E-state index is 13.0. The van der Waals surface area contributed by atoms with Gasteiger partial charge in [-0.1, -0.05) is 12.1 Å². The van der Waals surface area contributed by atoms with Crippen LogP contribution in [0.25, 0.3) is 0 Å². The van der Waals surface area contributed by atoms with Crippen molar-refractivity contribution in [2.45, 2.75) is 25.9 Å². The van der Waals surface area contributed by atoms with Crippen LogP contribution in [-0.2, 0) is 17.9 Å². The Morgan fingerprint density at radius 2 is 1.67 bits per heavy atom. The molecule has 0 atom stereocenters. The van der Waals surface area contributed by atoms with E-state index < -0.39 is 0 Å². The van der Waals surface area contributed by atoms with Gasteiger partial charge in [0.25, 0.3) is 0 Å². The third-order valence-corrected chi connectivity index (χ3v) is 5.52. The summed E-state index contributed by atoms with van der Waals surface area (Å²) >= 11 is 0. The van der Waals surface area contributed by atoms with Crippen LogP contribution in [0.4, 0.5) is 4.39 Å². The highest BCUT2D eigenvalue weighted by Gasteiger charge is 2.25. The fourth-order valence-corrected chi connectivity index (χ4v) is 3.83. The molecule has 1 fully saturated rings. The standard InChI is InChI=1S/C23H29FN2O4/c1-28-20-9-6-18(21(29-2)22(20)30-3)14-25-23(27)17-10-12-26(13-11-17)15-16-4-7-19(24)8-5-16/h4-9,17H,10-15H2,1-3H3,(H,25,27). The molecule has 2 aromatic rings. The fraction of sp³-hybridized carbons (Fsp3) is 0.435. The number of carbonyl (C=O) groups is 1. The van der Waals surface area contributed by atoms with Crippen LogP contribution in [0.1, 0.15) is 24.0 Å². The molecule has 0 unspecified atom stereocenters. The highest BCUT2D eigenvalue weighted by Crippen LogP contribution is 2.39. The predicted molar refractivity (Wildman–Crippen MR) is 112 cm³/mol. The van der Waals surface area contributed by atoms with E-state index in [1.807, 2.05) is 18.2 Å². The lowest BCUT2D eigenvalue weighted by molar-refractivity contribution is -0.126. The lowest BCUT2D eigenvalue weighted by Gasteiger charge is -2.31. The van der Waals surface area contributed by atoms with E-state index >= 15 is 0 Å². The van der Waals surface area contributed by atoms with E-state index in [1.54, 1.807) is 27.4 Å². The predicted octanol–water partition coefficient (Wildman–Crippen LogP) is 3.38. The fourth-order valence-electron chi connectivity index (χ4n) is 3.83. The molecule has 7 heteroatoms. The van der Waals surface area contributed by atoms with Gasteiger partial charge in [0, 0.05) is 24.6 Å². The number of rotatable bonds is 8. The normalized spacial score (nSPS) is 14.9. The van der Waals surface area contributed by atoms with Crippen molar-refractivity contribution in [2.75, 3.05) is 34.4 Å². The molecule has 2 aromatic carbocycles. The number of ether oxygens (including phenoxy) is 3. The number of amides is 1. The number of hydrogen-bond donors (Lipinski definition) is 1. The van der Waals surface area contributed by atoms with Crippen molar-refractivity contribution in [3.63, 3.8) is 0 Å². The van der Waals surface area contributed by atoms with Gasteiger partial charge >= 0.3 is 0 Å². The van der Waals surface area contributed by atoms with Crippen LogP contribution in [0.2, 0.25) is 0 Å². The minimum absolute atomic E-state index is 0.0133. The van der Waals surface area contributed by atoms with E-state index in [0.29, 0.717) is 23.8 Å². The van der Waals surface area contributed by atoms with E-state index in [2.05, 4.69) is 10.2 Å². The minimum Gasteiger partial charge on any atom is -0.493 e. The lowest BCUT2D eigenvalue weighted by Crippen LogP contribution is -2.40. The van der Waals surface area contributed by atoms with Gasteiger partial charge in [-0.05, 0) is 55.8 Å². The average molecular weight is 416 g/mol. The maximum atomic E-state index is 13.0. The molecule has 1 aliphatic rings. The third-order valence-electron chi connectivity index (χ3n) is 5.52. The second-order valence-electron chi connectivity index (χ2n) is 7.39. The number of likely N-dealkylation sites (tertiary alicyclic amines) is 1. The zero-order valence-electron chi connectivity index (χ0n) is 17.7. The quantitative estimate of drug-likeness (QED) is 0.715. The van der Waals surface area contributed by atoms with E-state index in [-0.39, 0.29) is 17.6 Å². The van der Waals surface area contributed by atoms with Gasteiger partial charge in [0.2, 0.25) is 11.7 Å². The van der Waals surface area contributed by atoms with Crippen LogP contribution in [0.3, 0.4) is 0 Å². The SMILES string of the molecule is COc1ccc(CNC(=O)C2CCN(Cc3ccc(F)cc3)CC2)c(OC)c1OC. The Morgan fingerprint density at radius 1 is 1.00 bits per heavy atom. The second-order valence-corrected chi connectivity index (χ2v) is 7.39. The van der Waals surface area contributed by atoms with Gasteiger partial charge in [-0.2, -0.15) is 0 Å². The number of nitrogens with one attached hydrogen (secondary N) is 1. The van der Waals surface area contributed by atoms with Crippen molar-refractivity contribution in [3.05, 3.63) is 53.3 Å². The first kappa shape index (κ1) is 21.9. The molecule has 1 saturated heterocycles. The Hall–Kier alpha value is -2.80. The van der Waals surface area contributed by atoms with Crippen LogP contribution in [-0.4, -0.2) is 45.2 Å². The molecule has 6 nitrogen and oxygen atoms in total. The van der Waals surface area contributed by atoms with Crippen molar-refractivity contribution in [1.82, 2.24) is 10.2 Å². The molecule has 1 heterocycles. The number of carbonyl (C=O) groups excluding carboxylic acids is 1. The van der Waals surface area contributed by atoms with Crippen molar-refractivity contribution < 1.29 is 23.4 Å². The Bertz CT molecular complexity index is 849. The van der Waals surface area contributed by atoms with Crippen LogP contribution in [0.5, 0.6) is 17.2 Å². The number of methoxy groups -OCH3 is 3. The van der Waals surface area contributed by atoms with Gasteiger partial charge in [0.1, 0.15) is 5.82 Å². The van der Waals surface area contributed by atoms with E-state index in [0.717, 1.165) is 43.6 Å². The smallest absolute Gasteiger partial charge is 0.223 e. The van der Waals surface area contributed by atoms with Crippen LogP contribution in [0, 0.1) is 11.7 Å². The zero-order valence-corrected chi connectivity index (χ0v) is 17.7. The highest BCUT2D eigenvalue weighted by molar-refractivity contribution is 5.78. The van der Waals surface area contributed by atoms with Crippen LogP contribution < -0.4 is 19.5 Å². The Morgan fingerprint density at radius 3 is 2.27 bits per heavy atom. The van der Waals surface area contributed by atoms with Crippen LogP contribution >= 0.6 is 0 Å². The molecule has 0 aliphatic carbocycles. The summed E-state index contributed by atoms with van der Waals surface area (Å²) in [5.74, 6) is 1.47. The molecular weight excluding hydrogens is 387 g/mol. The number of hydrogen-bond acceptors (Lipinski definition) is 5. The first-order valence-electron chi connectivity index (χ1n) is 10.1. The van der Waals surface area contributed by atoms with Crippen molar-refractivity contribution >= 4 is 5.91 Å². The van der Waals surface area contributed by atoms with Crippen LogP contribution in [0.15, 0.2) is 36.4 Å². The van der Waals surface area contributed by atoms with Gasteiger partial charge in [-0.15, -0.1) is 0 Å². The zero-order chi connectivity index (χ0) is 21.5. The van der Waals surface area contributed by atoms with E-state index in [9.17, 15) is 9.18 Å². The molecule has 0 bridgehead atoms. The molecule has 3 rings (SSSR count). The van der Waals surface area contributed by atoms with Crippen molar-refractivity contribution in [2.24, 2.45) is 5.92 Å². The molecule has 1 N–H and O–H groups in total. The summed E-state index contributed by atoms with van der Waals surface area (Å²) in [6.07, 6.45) is 1.60. The summed E-state index contributed by atoms with van der Waals surface area (Å²) in [7, 11) is 4.70. The van der Waals surface area contributed by atoms with Crippen molar-refractivity contribution in [1.29, 1.82) is 0 Å². The first-order valence-corrected chi connectivity index (χ1v) is 10.1. The summed E-state index contributed by atoms with van der Waals surface area (Å²) < 4.78 is 29.2. The summed E-state index contributed by atoms with van der Waals surface area (Å²) in [6.45, 7) is 2.82. The van der Waals surface area contributed by atoms with Gasteiger partial charge in [0.05, 0.1) is 21.3 Å². The number of benzene rings is 2. The van der Waals surface area contributed by atoms with Gasteiger partial charge < -0.3 is 19.5 Å². The summed E-state index contributed by atoms with van der Waals surface area (Å²) in [4.78, 5) is 15.0. The van der Waals surface area contributed by atoms with Gasteiger partial charge in [0.15, 0.2) is 11.5 Å². The van der Waals surface area contributed by atoms with Gasteiger partial charge in [-0.25, -0.2) is 4.39 Å². The molecule has 30 heavy (non-hydrogen) atoms. The molecular formula is C23H29FN2O4. The second kappa shape index (κ2) is 10.3. The Balaban J connectivity index is 1.52. The molecule has 1 aliphatic heterocycles. The Labute approximate surface area is 176 Å². The van der Waals surface area contributed by atoms with Gasteiger partial charge in [-0.3, -0.25) is 9.69 Å². The topological polar surface area (TPSA) is 60.0 Å². The first-order chi connectivity index (χ1) is 14.5. The monoisotopic (exact) mass is 416 g/mol. The third kappa shape index (κ3) is 5.21. The number of halogens is 1. The van der Waals surface area contributed by atoms with Crippen molar-refractivity contribution in [3.8, 4) is 17.2 Å². The number of nitrogens with zero attached hydrogens (tertiary/aromatic N) is 1. The minimum atomic E-state index is -0.222. The molecule has 162 valence electrons. The lowest BCUT2D eigenvalue weighted by atomic mass is 9.95. The number of piperidine rings is 1. The molecule has 0 aromatic heterocycles. The Kier molecular flexibility index (Phi) is 7.52. The summed E-state index contributed by atoms with van der Waals surface area (Å²) in [5, 5.41) is 3.03.